The Kier molecular flexibility index (Phi) is 3.14. The Bertz CT molecular complexity index is 792. The Balaban J connectivity index is 2.10. The van der Waals surface area contributed by atoms with Crippen molar-refractivity contribution in [1.82, 2.24) is 9.97 Å². The van der Waals surface area contributed by atoms with Crippen LogP contribution in [0.2, 0.25) is 0 Å². The molecule has 112 valence electrons. The van der Waals surface area contributed by atoms with E-state index in [9.17, 15) is 5.26 Å². The molecule has 1 aromatic heterocycles. The molecular formula is C16H17N5O. The lowest BCUT2D eigenvalue weighted by atomic mass is 9.92. The van der Waals surface area contributed by atoms with Gasteiger partial charge in [0.1, 0.15) is 28.8 Å². The Morgan fingerprint density at radius 2 is 2.05 bits per heavy atom. The minimum Gasteiger partial charge on any atom is -0.488 e. The van der Waals surface area contributed by atoms with Crippen molar-refractivity contribution in [3.05, 3.63) is 29.3 Å². The van der Waals surface area contributed by atoms with Crippen LogP contribution in [-0.4, -0.2) is 15.6 Å². The standard InChI is InChI=1S/C16H17N5O/c1-16(2)6-5-9-7-10(3-4-12(9)22-16)13-11(8-17)14(18)21-15(19)20-13/h3-4,7H,5-6H2,1-2H3,(H4,18,19,20,21). The van der Waals surface area contributed by atoms with E-state index in [1.807, 2.05) is 24.3 Å². The van der Waals surface area contributed by atoms with Gasteiger partial charge in [0, 0.05) is 5.56 Å². The Morgan fingerprint density at radius 1 is 1.27 bits per heavy atom. The highest BCUT2D eigenvalue weighted by Gasteiger charge is 2.27. The molecule has 0 bridgehead atoms. The summed E-state index contributed by atoms with van der Waals surface area (Å²) in [6, 6.07) is 7.79. The zero-order valence-corrected chi connectivity index (χ0v) is 12.6. The number of hydrogen-bond acceptors (Lipinski definition) is 6. The molecular weight excluding hydrogens is 278 g/mol. The van der Waals surface area contributed by atoms with Gasteiger partial charge in [0.05, 0.1) is 5.69 Å². The first kappa shape index (κ1) is 14.1. The Hall–Kier alpha value is -2.81. The van der Waals surface area contributed by atoms with Crippen molar-refractivity contribution in [2.75, 3.05) is 11.5 Å². The Morgan fingerprint density at radius 3 is 2.77 bits per heavy atom. The van der Waals surface area contributed by atoms with Crippen LogP contribution >= 0.6 is 0 Å². The second-order valence-corrected chi connectivity index (χ2v) is 5.99. The molecule has 1 aliphatic heterocycles. The third-order valence-corrected chi connectivity index (χ3v) is 3.78. The zero-order chi connectivity index (χ0) is 15.9. The summed E-state index contributed by atoms with van der Waals surface area (Å²) in [7, 11) is 0. The molecule has 22 heavy (non-hydrogen) atoms. The zero-order valence-electron chi connectivity index (χ0n) is 12.6. The highest BCUT2D eigenvalue weighted by atomic mass is 16.5. The first-order chi connectivity index (χ1) is 10.4. The molecule has 1 aromatic carbocycles. The summed E-state index contributed by atoms with van der Waals surface area (Å²) < 4.78 is 5.97. The highest BCUT2D eigenvalue weighted by molar-refractivity contribution is 5.74. The number of hydrogen-bond donors (Lipinski definition) is 2. The van der Waals surface area contributed by atoms with Crippen LogP contribution in [-0.2, 0) is 6.42 Å². The van der Waals surface area contributed by atoms with Gasteiger partial charge < -0.3 is 16.2 Å². The van der Waals surface area contributed by atoms with Crippen molar-refractivity contribution >= 4 is 11.8 Å². The van der Waals surface area contributed by atoms with Crippen molar-refractivity contribution in [3.63, 3.8) is 0 Å². The second-order valence-electron chi connectivity index (χ2n) is 5.99. The van der Waals surface area contributed by atoms with Gasteiger partial charge in [-0.1, -0.05) is 0 Å². The summed E-state index contributed by atoms with van der Waals surface area (Å²) >= 11 is 0. The van der Waals surface area contributed by atoms with Crippen molar-refractivity contribution in [2.45, 2.75) is 32.3 Å². The summed E-state index contributed by atoms with van der Waals surface area (Å²) in [4.78, 5) is 8.01. The van der Waals surface area contributed by atoms with Gasteiger partial charge in [-0.3, -0.25) is 0 Å². The van der Waals surface area contributed by atoms with Gasteiger partial charge >= 0.3 is 0 Å². The van der Waals surface area contributed by atoms with Crippen LogP contribution in [0.3, 0.4) is 0 Å². The van der Waals surface area contributed by atoms with E-state index in [-0.39, 0.29) is 22.9 Å². The fourth-order valence-electron chi connectivity index (χ4n) is 2.62. The van der Waals surface area contributed by atoms with Crippen molar-refractivity contribution < 1.29 is 4.74 Å². The minimum absolute atomic E-state index is 0.0570. The molecule has 4 N–H and O–H groups in total. The number of ether oxygens (including phenoxy) is 1. The molecule has 0 saturated carbocycles. The summed E-state index contributed by atoms with van der Waals surface area (Å²) in [6.07, 6.45) is 1.84. The smallest absolute Gasteiger partial charge is 0.222 e. The predicted molar refractivity (Wildman–Crippen MR) is 84.0 cm³/mol. The molecule has 0 fully saturated rings. The number of fused-ring (bicyclic) bond motifs is 1. The molecule has 0 spiro atoms. The summed E-state index contributed by atoms with van der Waals surface area (Å²) in [5.74, 6) is 1.02. The maximum Gasteiger partial charge on any atom is 0.222 e. The van der Waals surface area contributed by atoms with Crippen LogP contribution < -0.4 is 16.2 Å². The van der Waals surface area contributed by atoms with E-state index in [4.69, 9.17) is 16.2 Å². The monoisotopic (exact) mass is 295 g/mol. The van der Waals surface area contributed by atoms with Gasteiger partial charge in [0.15, 0.2) is 0 Å². The van der Waals surface area contributed by atoms with Gasteiger partial charge in [-0.15, -0.1) is 0 Å². The summed E-state index contributed by atoms with van der Waals surface area (Å²) in [6.45, 7) is 4.15. The van der Waals surface area contributed by atoms with Crippen LogP contribution in [0.15, 0.2) is 18.2 Å². The van der Waals surface area contributed by atoms with E-state index in [0.717, 1.165) is 29.7 Å². The molecule has 0 unspecified atom stereocenters. The first-order valence-corrected chi connectivity index (χ1v) is 7.05. The fourth-order valence-corrected chi connectivity index (χ4v) is 2.62. The van der Waals surface area contributed by atoms with Crippen LogP contribution in [0.4, 0.5) is 11.8 Å². The average Bonchev–Trinajstić information content (AvgIpc) is 2.45. The van der Waals surface area contributed by atoms with E-state index in [1.165, 1.54) is 0 Å². The molecule has 6 heteroatoms. The largest absolute Gasteiger partial charge is 0.488 e. The number of aromatic nitrogens is 2. The number of nitrogens with two attached hydrogens (primary N) is 2. The molecule has 0 atom stereocenters. The topological polar surface area (TPSA) is 111 Å². The van der Waals surface area contributed by atoms with Gasteiger partial charge in [-0.05, 0) is 50.5 Å². The third kappa shape index (κ3) is 2.42. The molecule has 0 radical (unpaired) electrons. The summed E-state index contributed by atoms with van der Waals surface area (Å²) in [5.41, 5.74) is 13.9. The molecule has 2 heterocycles. The molecule has 0 amide bonds. The van der Waals surface area contributed by atoms with Gasteiger partial charge in [-0.2, -0.15) is 10.2 Å². The lowest BCUT2D eigenvalue weighted by Crippen LogP contribution is -2.32. The highest BCUT2D eigenvalue weighted by Crippen LogP contribution is 2.36. The van der Waals surface area contributed by atoms with E-state index in [2.05, 4.69) is 23.8 Å². The minimum atomic E-state index is -0.157. The number of nitriles is 1. The van der Waals surface area contributed by atoms with Gasteiger partial charge in [-0.25, -0.2) is 4.98 Å². The van der Waals surface area contributed by atoms with E-state index < -0.39 is 0 Å². The van der Waals surface area contributed by atoms with Crippen molar-refractivity contribution in [2.24, 2.45) is 0 Å². The van der Waals surface area contributed by atoms with Crippen LogP contribution in [0, 0.1) is 11.3 Å². The quantitative estimate of drug-likeness (QED) is 0.835. The van der Waals surface area contributed by atoms with Crippen molar-refractivity contribution in [3.8, 4) is 23.1 Å². The number of nitrogen functional groups attached to an aromatic ring is 2. The molecule has 2 aromatic rings. The normalized spacial score (nSPS) is 15.5. The molecule has 0 aliphatic carbocycles. The average molecular weight is 295 g/mol. The first-order valence-electron chi connectivity index (χ1n) is 7.05. The van der Waals surface area contributed by atoms with E-state index in [1.54, 1.807) is 0 Å². The van der Waals surface area contributed by atoms with Gasteiger partial charge in [0.2, 0.25) is 5.95 Å². The number of rotatable bonds is 1. The SMILES string of the molecule is CC1(C)CCc2cc(-c3nc(N)nc(N)c3C#N)ccc2O1. The second kappa shape index (κ2) is 4.88. The third-order valence-electron chi connectivity index (χ3n) is 3.78. The predicted octanol–water partition coefficient (Wildman–Crippen LogP) is 2.28. The summed E-state index contributed by atoms with van der Waals surface area (Å²) in [5, 5.41) is 9.28. The van der Waals surface area contributed by atoms with Crippen LogP contribution in [0.5, 0.6) is 5.75 Å². The number of benzene rings is 1. The van der Waals surface area contributed by atoms with Crippen molar-refractivity contribution in [1.29, 1.82) is 5.26 Å². The lowest BCUT2D eigenvalue weighted by molar-refractivity contribution is 0.0847. The Labute approximate surface area is 128 Å². The number of aryl methyl sites for hydroxylation is 1. The maximum atomic E-state index is 9.28. The lowest BCUT2D eigenvalue weighted by Gasteiger charge is -2.32. The maximum absolute atomic E-state index is 9.28. The number of anilines is 2. The molecule has 6 nitrogen and oxygen atoms in total. The van der Waals surface area contributed by atoms with Crippen LogP contribution in [0.1, 0.15) is 31.4 Å². The molecule has 1 aliphatic rings. The van der Waals surface area contributed by atoms with Gasteiger partial charge in [0.25, 0.3) is 0 Å². The van der Waals surface area contributed by atoms with Crippen LogP contribution in [0.25, 0.3) is 11.3 Å². The molecule has 3 rings (SSSR count). The fraction of sp³-hybridized carbons (Fsp3) is 0.312. The number of nitrogens with zero attached hydrogens (tertiary/aromatic N) is 3. The molecule has 0 saturated heterocycles. The van der Waals surface area contributed by atoms with E-state index in [0.29, 0.717) is 5.69 Å². The van der Waals surface area contributed by atoms with E-state index >= 15 is 0 Å².